The lowest BCUT2D eigenvalue weighted by molar-refractivity contribution is 0.126. The number of hydrogen-bond donors (Lipinski definition) is 1. The number of benzene rings is 1. The Balaban J connectivity index is 2.01. The first-order valence-corrected chi connectivity index (χ1v) is 6.58. The monoisotopic (exact) mass is 249 g/mol. The number of phenols is 1. The molecule has 1 aliphatic rings. The first-order chi connectivity index (χ1) is 8.50. The number of ether oxygens (including phenoxy) is 1. The van der Waals surface area contributed by atoms with Gasteiger partial charge < -0.3 is 9.84 Å². The lowest BCUT2D eigenvalue weighted by Crippen LogP contribution is -2.36. The van der Waals surface area contributed by atoms with Crippen molar-refractivity contribution in [3.63, 3.8) is 0 Å². The Kier molecular flexibility index (Phi) is 3.81. The van der Waals surface area contributed by atoms with Crippen LogP contribution in [0.3, 0.4) is 0 Å². The molecule has 0 aromatic heterocycles. The van der Waals surface area contributed by atoms with Crippen molar-refractivity contribution in [3.8, 4) is 11.5 Å². The van der Waals surface area contributed by atoms with Crippen LogP contribution < -0.4 is 4.74 Å². The molecule has 0 radical (unpaired) electrons. The number of aromatic hydroxyl groups is 1. The van der Waals surface area contributed by atoms with Gasteiger partial charge >= 0.3 is 0 Å². The maximum atomic E-state index is 9.88. The molecule has 18 heavy (non-hydrogen) atoms. The minimum Gasteiger partial charge on any atom is -0.508 e. The van der Waals surface area contributed by atoms with Crippen molar-refractivity contribution in [2.45, 2.75) is 33.2 Å². The molecule has 1 aliphatic heterocycles. The number of methoxy groups -OCH3 is 1. The van der Waals surface area contributed by atoms with Crippen LogP contribution in [0, 0.1) is 5.41 Å². The second kappa shape index (κ2) is 5.19. The highest BCUT2D eigenvalue weighted by molar-refractivity contribution is 5.39. The molecular formula is C15H23NO2. The van der Waals surface area contributed by atoms with Gasteiger partial charge in [-0.3, -0.25) is 4.90 Å². The molecule has 0 aliphatic carbocycles. The van der Waals surface area contributed by atoms with Crippen LogP contribution in [0.15, 0.2) is 18.2 Å². The summed E-state index contributed by atoms with van der Waals surface area (Å²) in [5.41, 5.74) is 1.42. The van der Waals surface area contributed by atoms with Crippen LogP contribution in [0.1, 0.15) is 32.3 Å². The summed E-state index contributed by atoms with van der Waals surface area (Å²) in [4.78, 5) is 2.40. The molecule has 1 N–H and O–H groups in total. The van der Waals surface area contributed by atoms with Crippen LogP contribution in [0.5, 0.6) is 11.5 Å². The van der Waals surface area contributed by atoms with Crippen molar-refractivity contribution in [3.05, 3.63) is 23.8 Å². The van der Waals surface area contributed by atoms with Crippen LogP contribution in [0.2, 0.25) is 0 Å². The second-order valence-corrected chi connectivity index (χ2v) is 5.94. The molecule has 1 aromatic rings. The zero-order valence-corrected chi connectivity index (χ0v) is 11.6. The van der Waals surface area contributed by atoms with E-state index in [4.69, 9.17) is 4.74 Å². The molecule has 1 aromatic carbocycles. The van der Waals surface area contributed by atoms with Gasteiger partial charge in [-0.05, 0) is 49.5 Å². The molecule has 0 spiro atoms. The summed E-state index contributed by atoms with van der Waals surface area (Å²) in [7, 11) is 1.65. The van der Waals surface area contributed by atoms with Crippen molar-refractivity contribution < 1.29 is 9.84 Å². The van der Waals surface area contributed by atoms with E-state index in [1.54, 1.807) is 19.2 Å². The standard InChI is InChI=1S/C15H23NO2/c1-15(2)6-8-16(9-7-15)11-12-10-13(18-3)4-5-14(12)17/h4-5,10,17H,6-9,11H2,1-3H3. The zero-order valence-electron chi connectivity index (χ0n) is 11.6. The summed E-state index contributed by atoms with van der Waals surface area (Å²) in [6.45, 7) is 7.66. The third-order valence-electron chi connectivity index (χ3n) is 3.89. The Labute approximate surface area is 109 Å². The SMILES string of the molecule is COc1ccc(O)c(CN2CCC(C)(C)CC2)c1. The van der Waals surface area contributed by atoms with Gasteiger partial charge in [-0.1, -0.05) is 13.8 Å². The average molecular weight is 249 g/mol. The summed E-state index contributed by atoms with van der Waals surface area (Å²) in [5, 5.41) is 9.88. The quantitative estimate of drug-likeness (QED) is 0.893. The normalized spacial score (nSPS) is 19.7. The van der Waals surface area contributed by atoms with E-state index in [1.807, 2.05) is 6.07 Å². The van der Waals surface area contributed by atoms with Crippen LogP contribution in [-0.2, 0) is 6.54 Å². The van der Waals surface area contributed by atoms with Gasteiger partial charge in [0.1, 0.15) is 11.5 Å². The van der Waals surface area contributed by atoms with E-state index in [-0.39, 0.29) is 0 Å². The molecule has 3 nitrogen and oxygen atoms in total. The lowest BCUT2D eigenvalue weighted by Gasteiger charge is -2.37. The third-order valence-corrected chi connectivity index (χ3v) is 3.89. The summed E-state index contributed by atoms with van der Waals surface area (Å²) >= 11 is 0. The van der Waals surface area contributed by atoms with E-state index in [0.29, 0.717) is 11.2 Å². The molecule has 1 heterocycles. The Morgan fingerprint density at radius 1 is 1.28 bits per heavy atom. The summed E-state index contributed by atoms with van der Waals surface area (Å²) < 4.78 is 5.20. The Bertz CT molecular complexity index is 405. The lowest BCUT2D eigenvalue weighted by atomic mass is 9.82. The number of phenolic OH excluding ortho intramolecular Hbond substituents is 1. The molecule has 0 bridgehead atoms. The second-order valence-electron chi connectivity index (χ2n) is 5.94. The molecule has 100 valence electrons. The van der Waals surface area contributed by atoms with Gasteiger partial charge in [-0.25, -0.2) is 0 Å². The Morgan fingerprint density at radius 2 is 1.94 bits per heavy atom. The van der Waals surface area contributed by atoms with Crippen molar-refractivity contribution in [2.24, 2.45) is 5.41 Å². The molecule has 2 rings (SSSR count). The minimum absolute atomic E-state index is 0.362. The summed E-state index contributed by atoms with van der Waals surface area (Å²) in [6, 6.07) is 5.43. The molecule has 1 fully saturated rings. The number of nitrogens with zero attached hydrogens (tertiary/aromatic N) is 1. The van der Waals surface area contributed by atoms with Crippen LogP contribution in [0.25, 0.3) is 0 Å². The van der Waals surface area contributed by atoms with Gasteiger partial charge in [0.25, 0.3) is 0 Å². The molecular weight excluding hydrogens is 226 g/mol. The average Bonchev–Trinajstić information content (AvgIpc) is 2.34. The van der Waals surface area contributed by atoms with Crippen LogP contribution >= 0.6 is 0 Å². The Hall–Kier alpha value is -1.22. The summed E-state index contributed by atoms with van der Waals surface area (Å²) in [5.74, 6) is 1.17. The molecule has 1 saturated heterocycles. The highest BCUT2D eigenvalue weighted by atomic mass is 16.5. The maximum absolute atomic E-state index is 9.88. The molecule has 3 heteroatoms. The number of rotatable bonds is 3. The molecule has 0 amide bonds. The number of hydrogen-bond acceptors (Lipinski definition) is 3. The van der Waals surface area contributed by atoms with Crippen molar-refractivity contribution >= 4 is 0 Å². The van der Waals surface area contributed by atoms with E-state index in [1.165, 1.54) is 12.8 Å². The number of likely N-dealkylation sites (tertiary alicyclic amines) is 1. The first-order valence-electron chi connectivity index (χ1n) is 6.58. The minimum atomic E-state index is 0.362. The van der Waals surface area contributed by atoms with Crippen molar-refractivity contribution in [1.29, 1.82) is 0 Å². The fraction of sp³-hybridized carbons (Fsp3) is 0.600. The fourth-order valence-corrected chi connectivity index (χ4v) is 2.37. The Morgan fingerprint density at radius 3 is 2.56 bits per heavy atom. The highest BCUT2D eigenvalue weighted by Gasteiger charge is 2.25. The van der Waals surface area contributed by atoms with E-state index in [2.05, 4.69) is 18.7 Å². The van der Waals surface area contributed by atoms with E-state index in [9.17, 15) is 5.11 Å². The van der Waals surface area contributed by atoms with Crippen molar-refractivity contribution in [2.75, 3.05) is 20.2 Å². The third kappa shape index (κ3) is 3.16. The smallest absolute Gasteiger partial charge is 0.120 e. The van der Waals surface area contributed by atoms with E-state index < -0.39 is 0 Å². The molecule has 0 atom stereocenters. The first kappa shape index (κ1) is 13.2. The van der Waals surface area contributed by atoms with Crippen molar-refractivity contribution in [1.82, 2.24) is 4.90 Å². The van der Waals surface area contributed by atoms with Gasteiger partial charge in [0.15, 0.2) is 0 Å². The largest absolute Gasteiger partial charge is 0.508 e. The van der Waals surface area contributed by atoms with E-state index >= 15 is 0 Å². The van der Waals surface area contributed by atoms with E-state index in [0.717, 1.165) is 30.9 Å². The van der Waals surface area contributed by atoms with Gasteiger partial charge in [0.05, 0.1) is 7.11 Å². The molecule has 0 saturated carbocycles. The predicted octanol–water partition coefficient (Wildman–Crippen LogP) is 3.02. The number of piperidine rings is 1. The van der Waals surface area contributed by atoms with Gasteiger partial charge in [-0.15, -0.1) is 0 Å². The molecule has 0 unspecified atom stereocenters. The van der Waals surface area contributed by atoms with Crippen LogP contribution in [-0.4, -0.2) is 30.2 Å². The van der Waals surface area contributed by atoms with Gasteiger partial charge in [0.2, 0.25) is 0 Å². The highest BCUT2D eigenvalue weighted by Crippen LogP contribution is 2.31. The topological polar surface area (TPSA) is 32.7 Å². The van der Waals surface area contributed by atoms with Gasteiger partial charge in [-0.2, -0.15) is 0 Å². The predicted molar refractivity (Wildman–Crippen MR) is 73.0 cm³/mol. The maximum Gasteiger partial charge on any atom is 0.120 e. The zero-order chi connectivity index (χ0) is 13.2. The van der Waals surface area contributed by atoms with Gasteiger partial charge in [0, 0.05) is 12.1 Å². The fourth-order valence-electron chi connectivity index (χ4n) is 2.37. The van der Waals surface area contributed by atoms with Crippen LogP contribution in [0.4, 0.5) is 0 Å². The summed E-state index contributed by atoms with van der Waals surface area (Å²) in [6.07, 6.45) is 2.44.